The molecule has 0 aliphatic carbocycles. The lowest BCUT2D eigenvalue weighted by Gasteiger charge is -2.16. The molecular formula is C18H16N3O5-. The van der Waals surface area contributed by atoms with Gasteiger partial charge < -0.3 is 15.3 Å². The summed E-state index contributed by atoms with van der Waals surface area (Å²) in [4.78, 5) is 35.8. The minimum absolute atomic E-state index is 0.0656. The van der Waals surface area contributed by atoms with Crippen LogP contribution in [0.15, 0.2) is 42.5 Å². The van der Waals surface area contributed by atoms with E-state index in [1.807, 2.05) is 0 Å². The van der Waals surface area contributed by atoms with Crippen molar-refractivity contribution in [2.24, 2.45) is 0 Å². The molecule has 2 aromatic carbocycles. The van der Waals surface area contributed by atoms with Gasteiger partial charge in [-0.3, -0.25) is 19.7 Å². The lowest BCUT2D eigenvalue weighted by molar-refractivity contribution is -0.385. The number of hydrogen-bond acceptors (Lipinski definition) is 5. The summed E-state index contributed by atoms with van der Waals surface area (Å²) in [5.41, 5.74) is 1.06. The Morgan fingerprint density at radius 3 is 2.54 bits per heavy atom. The van der Waals surface area contributed by atoms with Gasteiger partial charge in [0.15, 0.2) is 0 Å². The highest BCUT2D eigenvalue weighted by Crippen LogP contribution is 2.22. The Morgan fingerprint density at radius 1 is 1.19 bits per heavy atom. The fourth-order valence-electron chi connectivity index (χ4n) is 2.81. The lowest BCUT2D eigenvalue weighted by Crippen LogP contribution is -2.25. The Labute approximate surface area is 149 Å². The molecule has 1 aliphatic heterocycles. The van der Waals surface area contributed by atoms with E-state index >= 15 is 0 Å². The molecular weight excluding hydrogens is 338 g/mol. The molecule has 8 nitrogen and oxygen atoms in total. The average Bonchev–Trinajstić information content (AvgIpc) is 3.06. The monoisotopic (exact) mass is 354 g/mol. The Bertz CT molecular complexity index is 864. The molecule has 1 saturated heterocycles. The van der Waals surface area contributed by atoms with Crippen molar-refractivity contribution in [3.63, 3.8) is 0 Å². The quantitative estimate of drug-likeness (QED) is 0.648. The van der Waals surface area contributed by atoms with Crippen molar-refractivity contribution >= 4 is 23.2 Å². The zero-order chi connectivity index (χ0) is 18.7. The standard InChI is InChI=1S/C18H17N3O5/c22-16-8-7-15(21(25)26)10-13(16)11-19-18(24)12-3-5-14(6-4-12)20-9-1-2-17(20)23/h3-8,10,22H,1-2,9,11H2,(H,19,24)/p-1. The summed E-state index contributed by atoms with van der Waals surface area (Å²) < 4.78 is 0. The number of nitrogens with one attached hydrogen (secondary N) is 1. The van der Waals surface area contributed by atoms with Crippen LogP contribution in [0.3, 0.4) is 0 Å². The third kappa shape index (κ3) is 3.64. The largest absolute Gasteiger partial charge is 0.872 e. The van der Waals surface area contributed by atoms with Crippen LogP contribution in [-0.4, -0.2) is 23.3 Å². The number of rotatable bonds is 5. The van der Waals surface area contributed by atoms with E-state index in [-0.39, 0.29) is 29.5 Å². The average molecular weight is 354 g/mol. The second kappa shape index (κ2) is 7.22. The number of nitro groups is 1. The van der Waals surface area contributed by atoms with Crippen molar-refractivity contribution in [2.75, 3.05) is 11.4 Å². The van der Waals surface area contributed by atoms with Crippen LogP contribution in [0.2, 0.25) is 0 Å². The molecule has 0 unspecified atom stereocenters. The molecule has 0 radical (unpaired) electrons. The van der Waals surface area contributed by atoms with Gasteiger partial charge >= 0.3 is 0 Å². The molecule has 26 heavy (non-hydrogen) atoms. The molecule has 8 heteroatoms. The molecule has 1 heterocycles. The van der Waals surface area contributed by atoms with Gasteiger partial charge in [-0.15, -0.1) is 5.75 Å². The summed E-state index contributed by atoms with van der Waals surface area (Å²) in [6.07, 6.45) is 1.35. The fraction of sp³-hybridized carbons (Fsp3) is 0.222. The van der Waals surface area contributed by atoms with Crippen LogP contribution in [-0.2, 0) is 11.3 Å². The molecule has 0 aromatic heterocycles. The summed E-state index contributed by atoms with van der Waals surface area (Å²) >= 11 is 0. The highest BCUT2D eigenvalue weighted by atomic mass is 16.6. The first-order chi connectivity index (χ1) is 12.5. The van der Waals surface area contributed by atoms with Crippen LogP contribution >= 0.6 is 0 Å². The van der Waals surface area contributed by atoms with Gasteiger partial charge in [-0.1, -0.05) is 6.07 Å². The normalized spacial score (nSPS) is 13.7. The third-order valence-corrected chi connectivity index (χ3v) is 4.21. The molecule has 1 fully saturated rings. The number of amides is 2. The van der Waals surface area contributed by atoms with Crippen molar-refractivity contribution in [3.8, 4) is 5.75 Å². The minimum Gasteiger partial charge on any atom is -0.872 e. The van der Waals surface area contributed by atoms with E-state index in [0.717, 1.165) is 30.3 Å². The van der Waals surface area contributed by atoms with Crippen LogP contribution in [0.25, 0.3) is 0 Å². The van der Waals surface area contributed by atoms with Crippen molar-refractivity contribution in [1.29, 1.82) is 0 Å². The molecule has 0 bridgehead atoms. The van der Waals surface area contributed by atoms with Crippen LogP contribution in [0.4, 0.5) is 11.4 Å². The first-order valence-corrected chi connectivity index (χ1v) is 8.08. The third-order valence-electron chi connectivity index (χ3n) is 4.21. The summed E-state index contributed by atoms with van der Waals surface area (Å²) in [5.74, 6) is -0.718. The smallest absolute Gasteiger partial charge is 0.269 e. The van der Waals surface area contributed by atoms with Crippen LogP contribution in [0.5, 0.6) is 5.75 Å². The number of nitro benzene ring substituents is 1. The number of carbonyl (C=O) groups excluding carboxylic acids is 2. The molecule has 0 saturated carbocycles. The van der Waals surface area contributed by atoms with Crippen molar-refractivity contribution < 1.29 is 19.6 Å². The van der Waals surface area contributed by atoms with Gasteiger partial charge in [-0.25, -0.2) is 0 Å². The van der Waals surface area contributed by atoms with Gasteiger partial charge in [0.1, 0.15) is 0 Å². The van der Waals surface area contributed by atoms with E-state index in [2.05, 4.69) is 5.32 Å². The first kappa shape index (κ1) is 17.4. The summed E-state index contributed by atoms with van der Waals surface area (Å²) in [6, 6.07) is 10.00. The van der Waals surface area contributed by atoms with E-state index < -0.39 is 10.8 Å². The molecule has 1 aliphatic rings. The second-order valence-electron chi connectivity index (χ2n) is 5.93. The van der Waals surface area contributed by atoms with E-state index in [0.29, 0.717) is 18.5 Å². The molecule has 1 N–H and O–H groups in total. The summed E-state index contributed by atoms with van der Waals surface area (Å²) in [6.45, 7) is 0.565. The topological polar surface area (TPSA) is 116 Å². The SMILES string of the molecule is O=C(NCc1cc([N+](=O)[O-])ccc1[O-])c1ccc(N2CCCC2=O)cc1. The fourth-order valence-corrected chi connectivity index (χ4v) is 2.81. The van der Waals surface area contributed by atoms with Gasteiger partial charge in [0.2, 0.25) is 5.91 Å². The second-order valence-corrected chi connectivity index (χ2v) is 5.93. The van der Waals surface area contributed by atoms with Gasteiger partial charge in [-0.2, -0.15) is 0 Å². The lowest BCUT2D eigenvalue weighted by atomic mass is 10.1. The Hall–Kier alpha value is -3.42. The number of anilines is 1. The molecule has 3 rings (SSSR count). The predicted molar refractivity (Wildman–Crippen MR) is 91.7 cm³/mol. The number of hydrogen-bond donors (Lipinski definition) is 1. The summed E-state index contributed by atoms with van der Waals surface area (Å²) in [7, 11) is 0. The van der Waals surface area contributed by atoms with Crippen LogP contribution < -0.4 is 15.3 Å². The summed E-state index contributed by atoms with van der Waals surface area (Å²) in [5, 5.41) is 25.1. The maximum atomic E-state index is 12.2. The Morgan fingerprint density at radius 2 is 1.92 bits per heavy atom. The Balaban J connectivity index is 1.66. The molecule has 2 amide bonds. The van der Waals surface area contributed by atoms with Gasteiger partial charge in [-0.05, 0) is 36.2 Å². The van der Waals surface area contributed by atoms with Crippen LogP contribution in [0.1, 0.15) is 28.8 Å². The minimum atomic E-state index is -0.594. The first-order valence-electron chi connectivity index (χ1n) is 8.08. The van der Waals surface area contributed by atoms with Gasteiger partial charge in [0, 0.05) is 42.9 Å². The van der Waals surface area contributed by atoms with Crippen molar-refractivity contribution in [2.45, 2.75) is 19.4 Å². The number of benzene rings is 2. The van der Waals surface area contributed by atoms with Gasteiger partial charge in [0.05, 0.1) is 4.92 Å². The number of nitrogens with zero attached hydrogens (tertiary/aromatic N) is 2. The van der Waals surface area contributed by atoms with Crippen molar-refractivity contribution in [3.05, 3.63) is 63.7 Å². The number of carbonyl (C=O) groups is 2. The zero-order valence-corrected chi connectivity index (χ0v) is 13.8. The van der Waals surface area contributed by atoms with E-state index in [1.165, 1.54) is 0 Å². The van der Waals surface area contributed by atoms with Crippen molar-refractivity contribution in [1.82, 2.24) is 5.32 Å². The van der Waals surface area contributed by atoms with E-state index in [4.69, 9.17) is 0 Å². The van der Waals surface area contributed by atoms with E-state index in [1.54, 1.807) is 29.2 Å². The van der Waals surface area contributed by atoms with Gasteiger partial charge in [0.25, 0.3) is 11.6 Å². The molecule has 2 aromatic rings. The molecule has 0 atom stereocenters. The zero-order valence-electron chi connectivity index (χ0n) is 13.8. The number of non-ortho nitro benzene ring substituents is 1. The maximum Gasteiger partial charge on any atom is 0.269 e. The highest BCUT2D eigenvalue weighted by Gasteiger charge is 2.21. The van der Waals surface area contributed by atoms with E-state index in [9.17, 15) is 24.8 Å². The maximum absolute atomic E-state index is 12.2. The Kier molecular flexibility index (Phi) is 4.83. The highest BCUT2D eigenvalue weighted by molar-refractivity contribution is 5.97. The molecule has 134 valence electrons. The predicted octanol–water partition coefficient (Wildman–Crippen LogP) is 1.73. The van der Waals surface area contributed by atoms with Crippen LogP contribution in [0, 0.1) is 10.1 Å². The molecule has 0 spiro atoms.